The van der Waals surface area contributed by atoms with Crippen molar-refractivity contribution in [3.05, 3.63) is 81.3 Å². The van der Waals surface area contributed by atoms with Crippen LogP contribution in [0.1, 0.15) is 32.3 Å². The van der Waals surface area contributed by atoms with Gasteiger partial charge in [0.25, 0.3) is 5.56 Å². The predicted octanol–water partition coefficient (Wildman–Crippen LogP) is 4.97. The van der Waals surface area contributed by atoms with Gasteiger partial charge in [-0.25, -0.2) is 4.98 Å². The molecular weight excluding hydrogens is 466 g/mol. The Morgan fingerprint density at radius 3 is 2.34 bits per heavy atom. The van der Waals surface area contributed by atoms with Crippen LogP contribution in [0, 0.1) is 0 Å². The third kappa shape index (κ3) is 6.16. The van der Waals surface area contributed by atoms with Crippen molar-refractivity contribution < 1.29 is 0 Å². The first-order valence-corrected chi connectivity index (χ1v) is 11.7. The summed E-state index contributed by atoms with van der Waals surface area (Å²) >= 11 is 3.44. The highest BCUT2D eigenvalue weighted by Gasteiger charge is 2.10. The molecule has 0 spiro atoms. The molecule has 7 heteroatoms. The number of nitrogens with two attached hydrogens (primary N) is 1. The number of hydrogen-bond donors (Lipinski definition) is 3. The van der Waals surface area contributed by atoms with Crippen LogP contribution in [0.15, 0.2) is 70.2 Å². The zero-order valence-corrected chi connectivity index (χ0v) is 20.2. The van der Waals surface area contributed by atoms with Crippen molar-refractivity contribution in [2.45, 2.75) is 33.2 Å². The van der Waals surface area contributed by atoms with E-state index in [9.17, 15) is 4.79 Å². The fourth-order valence-corrected chi connectivity index (χ4v) is 3.44. The van der Waals surface area contributed by atoms with E-state index in [4.69, 9.17) is 5.73 Å². The first-order chi connectivity index (χ1) is 15.5. The van der Waals surface area contributed by atoms with Crippen LogP contribution in [0.3, 0.4) is 0 Å². The van der Waals surface area contributed by atoms with Gasteiger partial charge in [0.15, 0.2) is 0 Å². The molecule has 0 amide bonds. The Balaban J connectivity index is 0.000000913. The van der Waals surface area contributed by atoms with E-state index in [-0.39, 0.29) is 5.56 Å². The van der Waals surface area contributed by atoms with E-state index in [0.717, 1.165) is 40.8 Å². The quantitative estimate of drug-likeness (QED) is 0.315. The second-order valence-corrected chi connectivity index (χ2v) is 8.50. The Hall–Kier alpha value is -2.74. The number of halogens is 1. The fourth-order valence-electron chi connectivity index (χ4n) is 3.18. The van der Waals surface area contributed by atoms with Crippen LogP contribution in [0.5, 0.6) is 0 Å². The lowest BCUT2D eigenvalue weighted by molar-refractivity contribution is 0.655. The lowest BCUT2D eigenvalue weighted by atomic mass is 10.1. The number of fused-ring (bicyclic) bond motifs is 1. The number of imidazole rings is 1. The first-order valence-electron chi connectivity index (χ1n) is 10.9. The lowest BCUT2D eigenvalue weighted by Crippen LogP contribution is -2.17. The number of H-pyrrole nitrogens is 1. The standard InChI is InChI=1S/C22H22BrN5O.C3H8/c23-18-8-6-17(7-9-18)20-14-28-13-19(21(29)27-22(28)26-20)16-4-2-15(3-5-16)12-25-11-1-10-24;1-3-2/h2-9,13-14,25H,1,10-12,24H2,(H,26,27,29);3H2,1-2H3. The number of nitrogens with one attached hydrogen (secondary N) is 2. The molecule has 0 atom stereocenters. The van der Waals surface area contributed by atoms with Gasteiger partial charge in [-0.3, -0.25) is 14.2 Å². The van der Waals surface area contributed by atoms with Crippen LogP contribution in [-0.4, -0.2) is 27.5 Å². The van der Waals surface area contributed by atoms with Crippen LogP contribution in [0.2, 0.25) is 0 Å². The highest BCUT2D eigenvalue weighted by molar-refractivity contribution is 9.10. The SMILES string of the molecule is CCC.NCCCNCc1ccc(-c2cn3cc(-c4ccc(Br)cc4)nc3[nH]c2=O)cc1. The molecule has 32 heavy (non-hydrogen) atoms. The minimum Gasteiger partial charge on any atom is -0.330 e. The van der Waals surface area contributed by atoms with Gasteiger partial charge in [-0.05, 0) is 42.8 Å². The van der Waals surface area contributed by atoms with Gasteiger partial charge >= 0.3 is 0 Å². The molecule has 2 aromatic heterocycles. The molecule has 2 aromatic carbocycles. The zero-order chi connectivity index (χ0) is 22.9. The molecule has 0 radical (unpaired) electrons. The third-order valence-corrected chi connectivity index (χ3v) is 5.29. The van der Waals surface area contributed by atoms with E-state index in [1.807, 2.05) is 65.3 Å². The summed E-state index contributed by atoms with van der Waals surface area (Å²) in [7, 11) is 0. The minimum absolute atomic E-state index is 0.153. The average Bonchev–Trinajstić information content (AvgIpc) is 3.20. The molecule has 0 aliphatic carbocycles. The number of hydrogen-bond acceptors (Lipinski definition) is 4. The van der Waals surface area contributed by atoms with Crippen molar-refractivity contribution in [2.24, 2.45) is 5.73 Å². The van der Waals surface area contributed by atoms with E-state index in [1.165, 1.54) is 12.0 Å². The van der Waals surface area contributed by atoms with Crippen LogP contribution in [-0.2, 0) is 6.54 Å². The summed E-state index contributed by atoms with van der Waals surface area (Å²) < 4.78 is 2.87. The summed E-state index contributed by atoms with van der Waals surface area (Å²) in [5.74, 6) is 0.525. The fraction of sp³-hybridized carbons (Fsp3) is 0.280. The summed E-state index contributed by atoms with van der Waals surface area (Å²) in [6.07, 6.45) is 5.96. The van der Waals surface area contributed by atoms with Crippen molar-refractivity contribution in [3.63, 3.8) is 0 Å². The summed E-state index contributed by atoms with van der Waals surface area (Å²) in [6.45, 7) is 6.62. The third-order valence-electron chi connectivity index (χ3n) is 4.76. The maximum atomic E-state index is 12.6. The number of rotatable bonds is 7. The molecule has 4 rings (SSSR count). The Morgan fingerprint density at radius 2 is 1.69 bits per heavy atom. The largest absolute Gasteiger partial charge is 0.330 e. The Labute approximate surface area is 197 Å². The molecule has 168 valence electrons. The first kappa shape index (κ1) is 23.9. The number of nitrogens with zero attached hydrogens (tertiary/aromatic N) is 2. The predicted molar refractivity (Wildman–Crippen MR) is 136 cm³/mol. The van der Waals surface area contributed by atoms with Gasteiger partial charge in [0, 0.05) is 29.0 Å². The number of aromatic amines is 1. The topological polar surface area (TPSA) is 88.2 Å². The van der Waals surface area contributed by atoms with Gasteiger partial charge in [0.1, 0.15) is 0 Å². The summed E-state index contributed by atoms with van der Waals surface area (Å²) in [5, 5.41) is 3.36. The monoisotopic (exact) mass is 495 g/mol. The van der Waals surface area contributed by atoms with Crippen LogP contribution in [0.25, 0.3) is 28.2 Å². The van der Waals surface area contributed by atoms with Crippen molar-refractivity contribution in [1.82, 2.24) is 19.7 Å². The second kappa shape index (κ2) is 11.8. The minimum atomic E-state index is -0.153. The van der Waals surface area contributed by atoms with Crippen molar-refractivity contribution in [1.29, 1.82) is 0 Å². The molecule has 0 aliphatic heterocycles. The molecule has 0 fully saturated rings. The molecular formula is C25H30BrN5O. The van der Waals surface area contributed by atoms with E-state index in [0.29, 0.717) is 17.9 Å². The summed E-state index contributed by atoms with van der Waals surface area (Å²) in [5.41, 5.74) is 9.81. The van der Waals surface area contributed by atoms with Crippen LogP contribution < -0.4 is 16.6 Å². The highest BCUT2D eigenvalue weighted by Crippen LogP contribution is 2.22. The molecule has 0 bridgehead atoms. The smallest absolute Gasteiger partial charge is 0.260 e. The van der Waals surface area contributed by atoms with Gasteiger partial charge in [-0.1, -0.05) is 72.6 Å². The summed E-state index contributed by atoms with van der Waals surface area (Å²) in [4.78, 5) is 20.0. The van der Waals surface area contributed by atoms with Gasteiger partial charge < -0.3 is 11.1 Å². The van der Waals surface area contributed by atoms with Crippen LogP contribution in [0.4, 0.5) is 0 Å². The molecule has 2 heterocycles. The molecule has 4 N–H and O–H groups in total. The second-order valence-electron chi connectivity index (χ2n) is 7.58. The number of benzene rings is 2. The molecule has 0 unspecified atom stereocenters. The lowest BCUT2D eigenvalue weighted by Gasteiger charge is -2.06. The molecule has 6 nitrogen and oxygen atoms in total. The Bertz CT molecular complexity index is 1180. The van der Waals surface area contributed by atoms with Gasteiger partial charge in [0.2, 0.25) is 5.78 Å². The van der Waals surface area contributed by atoms with Gasteiger partial charge in [0.05, 0.1) is 11.3 Å². The van der Waals surface area contributed by atoms with E-state index < -0.39 is 0 Å². The van der Waals surface area contributed by atoms with E-state index in [2.05, 4.69) is 45.1 Å². The zero-order valence-electron chi connectivity index (χ0n) is 18.6. The van der Waals surface area contributed by atoms with Gasteiger partial charge in [-0.2, -0.15) is 0 Å². The molecule has 0 saturated heterocycles. The Morgan fingerprint density at radius 1 is 1.03 bits per heavy atom. The van der Waals surface area contributed by atoms with Crippen LogP contribution >= 0.6 is 15.9 Å². The Kier molecular flexibility index (Phi) is 8.79. The van der Waals surface area contributed by atoms with Crippen molar-refractivity contribution >= 4 is 21.7 Å². The normalized spacial score (nSPS) is 10.8. The van der Waals surface area contributed by atoms with Crippen molar-refractivity contribution in [3.8, 4) is 22.4 Å². The highest BCUT2D eigenvalue weighted by atomic mass is 79.9. The van der Waals surface area contributed by atoms with E-state index in [1.54, 1.807) is 0 Å². The maximum absolute atomic E-state index is 12.6. The maximum Gasteiger partial charge on any atom is 0.260 e. The van der Waals surface area contributed by atoms with Gasteiger partial charge in [-0.15, -0.1) is 0 Å². The molecule has 4 aromatic rings. The van der Waals surface area contributed by atoms with Crippen molar-refractivity contribution in [2.75, 3.05) is 13.1 Å². The average molecular weight is 496 g/mol. The molecule has 0 saturated carbocycles. The summed E-state index contributed by atoms with van der Waals surface area (Å²) in [6, 6.07) is 16.0. The number of aromatic nitrogens is 3. The van der Waals surface area contributed by atoms with E-state index >= 15 is 0 Å². The molecule has 0 aliphatic rings.